The van der Waals surface area contributed by atoms with Crippen molar-refractivity contribution in [2.24, 2.45) is 0 Å². The minimum absolute atomic E-state index is 0.109. The van der Waals surface area contributed by atoms with Gasteiger partial charge in [0.1, 0.15) is 0 Å². The Balaban J connectivity index is 2.51. The molecule has 0 aliphatic heterocycles. The zero-order chi connectivity index (χ0) is 15.0. The van der Waals surface area contributed by atoms with E-state index < -0.39 is 0 Å². The molecule has 0 saturated carbocycles. The first kappa shape index (κ1) is 16.5. The van der Waals surface area contributed by atoms with Crippen LogP contribution in [0.4, 0.5) is 0 Å². The number of hydrogen-bond acceptors (Lipinski definition) is 2. The SMILES string of the molecule is CNC(=O)c1ccc(CN(C)C(=O)CCCCCl)cc1. The fourth-order valence-corrected chi connectivity index (χ4v) is 2.02. The number of rotatable bonds is 7. The van der Waals surface area contributed by atoms with Crippen LogP contribution in [-0.2, 0) is 11.3 Å². The smallest absolute Gasteiger partial charge is 0.251 e. The minimum atomic E-state index is -0.109. The zero-order valence-corrected chi connectivity index (χ0v) is 12.7. The van der Waals surface area contributed by atoms with E-state index in [1.54, 1.807) is 31.1 Å². The van der Waals surface area contributed by atoms with E-state index in [1.165, 1.54) is 0 Å². The van der Waals surface area contributed by atoms with Crippen molar-refractivity contribution in [2.75, 3.05) is 20.0 Å². The highest BCUT2D eigenvalue weighted by Crippen LogP contribution is 2.09. The van der Waals surface area contributed by atoms with E-state index in [0.717, 1.165) is 18.4 Å². The van der Waals surface area contributed by atoms with Crippen molar-refractivity contribution in [3.63, 3.8) is 0 Å². The third-order valence-corrected chi connectivity index (χ3v) is 3.33. The first-order valence-electron chi connectivity index (χ1n) is 6.69. The van der Waals surface area contributed by atoms with Crippen LogP contribution in [0.1, 0.15) is 35.2 Å². The number of halogens is 1. The van der Waals surface area contributed by atoms with Gasteiger partial charge in [-0.3, -0.25) is 9.59 Å². The largest absolute Gasteiger partial charge is 0.355 e. The average Bonchev–Trinajstić information content (AvgIpc) is 2.47. The van der Waals surface area contributed by atoms with Crippen LogP contribution in [-0.4, -0.2) is 36.7 Å². The second-order valence-corrected chi connectivity index (χ2v) is 5.05. The maximum Gasteiger partial charge on any atom is 0.251 e. The normalized spacial score (nSPS) is 10.2. The number of carbonyl (C=O) groups excluding carboxylic acids is 2. The molecule has 1 aromatic rings. The first-order valence-corrected chi connectivity index (χ1v) is 7.23. The number of benzene rings is 1. The van der Waals surface area contributed by atoms with Crippen molar-refractivity contribution in [1.29, 1.82) is 0 Å². The maximum absolute atomic E-state index is 11.9. The molecule has 0 fully saturated rings. The van der Waals surface area contributed by atoms with Gasteiger partial charge >= 0.3 is 0 Å². The Morgan fingerprint density at radius 1 is 1.20 bits per heavy atom. The molecule has 0 aliphatic carbocycles. The molecule has 0 spiro atoms. The van der Waals surface area contributed by atoms with E-state index >= 15 is 0 Å². The number of carbonyl (C=O) groups is 2. The maximum atomic E-state index is 11.9. The van der Waals surface area contributed by atoms with Gasteiger partial charge in [-0.15, -0.1) is 11.6 Å². The second-order valence-electron chi connectivity index (χ2n) is 4.67. The quantitative estimate of drug-likeness (QED) is 0.620. The number of alkyl halides is 1. The van der Waals surface area contributed by atoms with Crippen LogP contribution in [0.3, 0.4) is 0 Å². The lowest BCUT2D eigenvalue weighted by Gasteiger charge is -2.17. The summed E-state index contributed by atoms with van der Waals surface area (Å²) in [6.45, 7) is 0.549. The van der Waals surface area contributed by atoms with Gasteiger partial charge in [-0.05, 0) is 30.5 Å². The summed E-state index contributed by atoms with van der Waals surface area (Å²) in [6, 6.07) is 7.26. The van der Waals surface area contributed by atoms with Crippen molar-refractivity contribution >= 4 is 23.4 Å². The van der Waals surface area contributed by atoms with Crippen molar-refractivity contribution in [2.45, 2.75) is 25.8 Å². The third kappa shape index (κ3) is 5.21. The topological polar surface area (TPSA) is 49.4 Å². The third-order valence-electron chi connectivity index (χ3n) is 3.06. The van der Waals surface area contributed by atoms with Gasteiger partial charge in [-0.1, -0.05) is 12.1 Å². The highest BCUT2D eigenvalue weighted by molar-refractivity contribution is 6.17. The van der Waals surface area contributed by atoms with Crippen molar-refractivity contribution in [3.05, 3.63) is 35.4 Å². The lowest BCUT2D eigenvalue weighted by molar-refractivity contribution is -0.130. The number of nitrogens with one attached hydrogen (secondary N) is 1. The van der Waals surface area contributed by atoms with E-state index in [9.17, 15) is 9.59 Å². The molecule has 1 rings (SSSR count). The molecule has 0 aliphatic rings. The molecular formula is C15H21ClN2O2. The lowest BCUT2D eigenvalue weighted by atomic mass is 10.1. The molecule has 110 valence electrons. The van der Waals surface area contributed by atoms with Crippen molar-refractivity contribution in [3.8, 4) is 0 Å². The Labute approximate surface area is 125 Å². The van der Waals surface area contributed by atoms with E-state index in [-0.39, 0.29) is 11.8 Å². The first-order chi connectivity index (χ1) is 9.58. The summed E-state index contributed by atoms with van der Waals surface area (Å²) >= 11 is 5.59. The van der Waals surface area contributed by atoms with Gasteiger partial charge in [0, 0.05) is 38.5 Å². The number of amides is 2. The predicted molar refractivity (Wildman–Crippen MR) is 80.9 cm³/mol. The Morgan fingerprint density at radius 3 is 2.40 bits per heavy atom. The van der Waals surface area contributed by atoms with Crippen LogP contribution in [0.15, 0.2) is 24.3 Å². The predicted octanol–water partition coefficient (Wildman–Crippen LogP) is 2.41. The van der Waals surface area contributed by atoms with Gasteiger partial charge in [0.2, 0.25) is 5.91 Å². The fourth-order valence-electron chi connectivity index (χ4n) is 1.83. The molecule has 20 heavy (non-hydrogen) atoms. The Hall–Kier alpha value is -1.55. The lowest BCUT2D eigenvalue weighted by Crippen LogP contribution is -2.26. The van der Waals surface area contributed by atoms with Crippen LogP contribution in [0, 0.1) is 0 Å². The van der Waals surface area contributed by atoms with E-state index in [0.29, 0.717) is 24.4 Å². The summed E-state index contributed by atoms with van der Waals surface area (Å²) in [4.78, 5) is 25.0. The molecule has 0 unspecified atom stereocenters. The van der Waals surface area contributed by atoms with Gasteiger partial charge in [0.15, 0.2) is 0 Å². The molecule has 0 saturated heterocycles. The molecule has 0 atom stereocenters. The standard InChI is InChI=1S/C15H21ClN2O2/c1-17-15(20)13-8-6-12(7-9-13)11-18(2)14(19)5-3-4-10-16/h6-9H,3-5,10-11H2,1-2H3,(H,17,20). The molecule has 0 aromatic heterocycles. The van der Waals surface area contributed by atoms with Crippen molar-refractivity contribution in [1.82, 2.24) is 10.2 Å². The molecule has 0 heterocycles. The van der Waals surface area contributed by atoms with Crippen molar-refractivity contribution < 1.29 is 9.59 Å². The molecule has 2 amide bonds. The van der Waals surface area contributed by atoms with Gasteiger partial charge < -0.3 is 10.2 Å². The van der Waals surface area contributed by atoms with Crippen LogP contribution in [0.2, 0.25) is 0 Å². The highest BCUT2D eigenvalue weighted by Gasteiger charge is 2.09. The Morgan fingerprint density at radius 2 is 1.85 bits per heavy atom. The van der Waals surface area contributed by atoms with Crippen LogP contribution in [0.5, 0.6) is 0 Å². The van der Waals surface area contributed by atoms with E-state index in [2.05, 4.69) is 5.32 Å². The number of nitrogens with zero attached hydrogens (tertiary/aromatic N) is 1. The van der Waals surface area contributed by atoms with E-state index in [4.69, 9.17) is 11.6 Å². The molecule has 0 bridgehead atoms. The second kappa shape index (κ2) is 8.59. The Kier molecular flexibility index (Phi) is 7.09. The van der Waals surface area contributed by atoms with Crippen LogP contribution >= 0.6 is 11.6 Å². The van der Waals surface area contributed by atoms with Crippen LogP contribution in [0.25, 0.3) is 0 Å². The molecule has 5 heteroatoms. The molecule has 1 aromatic carbocycles. The zero-order valence-electron chi connectivity index (χ0n) is 12.0. The van der Waals surface area contributed by atoms with Gasteiger partial charge in [0.25, 0.3) is 5.91 Å². The molecule has 1 N–H and O–H groups in total. The summed E-state index contributed by atoms with van der Waals surface area (Å²) in [7, 11) is 3.39. The summed E-state index contributed by atoms with van der Waals surface area (Å²) in [5.74, 6) is 0.602. The van der Waals surface area contributed by atoms with E-state index in [1.807, 2.05) is 12.1 Å². The molecular weight excluding hydrogens is 276 g/mol. The Bertz CT molecular complexity index is 446. The number of hydrogen-bond donors (Lipinski definition) is 1. The average molecular weight is 297 g/mol. The van der Waals surface area contributed by atoms with Gasteiger partial charge in [0.05, 0.1) is 0 Å². The van der Waals surface area contributed by atoms with Gasteiger partial charge in [-0.2, -0.15) is 0 Å². The van der Waals surface area contributed by atoms with Crippen LogP contribution < -0.4 is 5.32 Å². The molecule has 4 nitrogen and oxygen atoms in total. The summed E-state index contributed by atoms with van der Waals surface area (Å²) in [5, 5.41) is 2.57. The number of unbranched alkanes of at least 4 members (excludes halogenated alkanes) is 1. The summed E-state index contributed by atoms with van der Waals surface area (Å²) in [5.41, 5.74) is 1.62. The molecule has 0 radical (unpaired) electrons. The fraction of sp³-hybridized carbons (Fsp3) is 0.467. The summed E-state index contributed by atoms with van der Waals surface area (Å²) < 4.78 is 0. The highest BCUT2D eigenvalue weighted by atomic mass is 35.5. The minimum Gasteiger partial charge on any atom is -0.355 e. The van der Waals surface area contributed by atoms with Gasteiger partial charge in [-0.25, -0.2) is 0 Å². The monoisotopic (exact) mass is 296 g/mol. The summed E-state index contributed by atoms with van der Waals surface area (Å²) in [6.07, 6.45) is 2.21.